The number of hydrogen-bond donors (Lipinski definition) is 4. The second-order valence-electron chi connectivity index (χ2n) is 4.42. The van der Waals surface area contributed by atoms with E-state index >= 15 is 0 Å². The van der Waals surface area contributed by atoms with Crippen molar-refractivity contribution in [2.24, 2.45) is 5.73 Å². The van der Waals surface area contributed by atoms with Gasteiger partial charge in [-0.25, -0.2) is 4.39 Å². The SMILES string of the molecule is NC(=O)CC(c1ccc(F)cc1)c1c(O)nc(N)nc1O. The van der Waals surface area contributed by atoms with Gasteiger partial charge in [0.1, 0.15) is 5.82 Å². The quantitative estimate of drug-likeness (QED) is 0.652. The van der Waals surface area contributed by atoms with Gasteiger partial charge in [0, 0.05) is 12.3 Å². The van der Waals surface area contributed by atoms with Gasteiger partial charge in [0.05, 0.1) is 5.56 Å². The van der Waals surface area contributed by atoms with E-state index < -0.39 is 29.4 Å². The van der Waals surface area contributed by atoms with E-state index in [0.717, 1.165) is 0 Å². The maximum atomic E-state index is 13.0. The van der Waals surface area contributed by atoms with Gasteiger partial charge in [0.15, 0.2) is 0 Å². The third kappa shape index (κ3) is 3.16. The van der Waals surface area contributed by atoms with Gasteiger partial charge in [-0.2, -0.15) is 9.97 Å². The fraction of sp³-hybridized carbons (Fsp3) is 0.154. The molecule has 7 nitrogen and oxygen atoms in total. The number of hydrogen-bond acceptors (Lipinski definition) is 6. The van der Waals surface area contributed by atoms with E-state index in [1.54, 1.807) is 0 Å². The number of carbonyl (C=O) groups excluding carboxylic acids is 1. The van der Waals surface area contributed by atoms with Gasteiger partial charge in [-0.05, 0) is 17.7 Å². The molecule has 0 radical (unpaired) electrons. The van der Waals surface area contributed by atoms with Crippen LogP contribution in [0, 0.1) is 5.82 Å². The summed E-state index contributed by atoms with van der Waals surface area (Å²) in [4.78, 5) is 18.3. The standard InChI is InChI=1S/C13H13FN4O3/c14-7-3-1-6(2-4-7)8(5-9(15)19)10-11(20)17-13(16)18-12(10)21/h1-4,8H,5H2,(H2,15,19)(H4,16,17,18,20,21). The zero-order valence-electron chi connectivity index (χ0n) is 10.8. The molecule has 110 valence electrons. The van der Waals surface area contributed by atoms with Crippen LogP contribution in [0.2, 0.25) is 0 Å². The fourth-order valence-corrected chi connectivity index (χ4v) is 2.06. The fourth-order valence-electron chi connectivity index (χ4n) is 2.06. The predicted molar refractivity (Wildman–Crippen MR) is 71.8 cm³/mol. The number of nitrogens with two attached hydrogens (primary N) is 2. The topological polar surface area (TPSA) is 135 Å². The molecule has 0 saturated heterocycles. The van der Waals surface area contributed by atoms with Crippen LogP contribution in [-0.4, -0.2) is 26.1 Å². The summed E-state index contributed by atoms with van der Waals surface area (Å²) in [6.45, 7) is 0. The Morgan fingerprint density at radius 2 is 1.71 bits per heavy atom. The van der Waals surface area contributed by atoms with E-state index in [-0.39, 0.29) is 17.9 Å². The monoisotopic (exact) mass is 292 g/mol. The average Bonchev–Trinajstić information content (AvgIpc) is 2.37. The second kappa shape index (κ2) is 5.61. The number of halogens is 1. The molecule has 0 fully saturated rings. The Hall–Kier alpha value is -2.90. The number of nitrogens with zero attached hydrogens (tertiary/aromatic N) is 2. The van der Waals surface area contributed by atoms with Crippen molar-refractivity contribution in [3.8, 4) is 11.8 Å². The molecule has 1 aromatic carbocycles. The largest absolute Gasteiger partial charge is 0.493 e. The molecule has 0 aliphatic rings. The number of rotatable bonds is 4. The van der Waals surface area contributed by atoms with Crippen LogP contribution >= 0.6 is 0 Å². The van der Waals surface area contributed by atoms with Crippen molar-refractivity contribution in [3.63, 3.8) is 0 Å². The molecular formula is C13H13FN4O3. The van der Waals surface area contributed by atoms with Gasteiger partial charge in [-0.3, -0.25) is 4.79 Å². The number of aromatic nitrogens is 2. The molecule has 0 bridgehead atoms. The number of amides is 1. The van der Waals surface area contributed by atoms with Crippen molar-refractivity contribution in [1.29, 1.82) is 0 Å². The summed E-state index contributed by atoms with van der Waals surface area (Å²) in [6, 6.07) is 5.21. The van der Waals surface area contributed by atoms with Gasteiger partial charge in [0.2, 0.25) is 23.6 Å². The van der Waals surface area contributed by atoms with E-state index in [1.165, 1.54) is 24.3 Å². The molecule has 21 heavy (non-hydrogen) atoms. The van der Waals surface area contributed by atoms with E-state index in [0.29, 0.717) is 5.56 Å². The van der Waals surface area contributed by atoms with Gasteiger partial charge < -0.3 is 21.7 Å². The van der Waals surface area contributed by atoms with Crippen LogP contribution in [0.15, 0.2) is 24.3 Å². The van der Waals surface area contributed by atoms with E-state index in [1.807, 2.05) is 0 Å². The highest BCUT2D eigenvalue weighted by atomic mass is 19.1. The van der Waals surface area contributed by atoms with Crippen LogP contribution in [0.5, 0.6) is 11.8 Å². The van der Waals surface area contributed by atoms with Crippen molar-refractivity contribution in [1.82, 2.24) is 9.97 Å². The summed E-state index contributed by atoms with van der Waals surface area (Å²) in [7, 11) is 0. The Kier molecular flexibility index (Phi) is 3.88. The zero-order valence-corrected chi connectivity index (χ0v) is 10.8. The Labute approximate surface area is 119 Å². The van der Waals surface area contributed by atoms with Crippen LogP contribution in [0.4, 0.5) is 10.3 Å². The molecule has 6 N–H and O–H groups in total. The molecule has 8 heteroatoms. The minimum absolute atomic E-state index is 0.0883. The number of nitrogen functional groups attached to an aromatic ring is 1. The summed E-state index contributed by atoms with van der Waals surface area (Å²) >= 11 is 0. The van der Waals surface area contributed by atoms with Gasteiger partial charge >= 0.3 is 0 Å². The van der Waals surface area contributed by atoms with E-state index in [2.05, 4.69) is 9.97 Å². The molecule has 0 aliphatic carbocycles. The third-order valence-electron chi connectivity index (χ3n) is 2.95. The van der Waals surface area contributed by atoms with Gasteiger partial charge in [0.25, 0.3) is 0 Å². The summed E-state index contributed by atoms with van der Waals surface area (Å²) in [6.07, 6.45) is -0.222. The number of primary amides is 1. The highest BCUT2D eigenvalue weighted by molar-refractivity contribution is 5.76. The van der Waals surface area contributed by atoms with Crippen LogP contribution in [0.25, 0.3) is 0 Å². The maximum Gasteiger partial charge on any atom is 0.226 e. The van der Waals surface area contributed by atoms with Crippen molar-refractivity contribution in [2.75, 3.05) is 5.73 Å². The average molecular weight is 292 g/mol. The normalized spacial score (nSPS) is 12.0. The van der Waals surface area contributed by atoms with Crippen LogP contribution in [0.1, 0.15) is 23.5 Å². The number of benzene rings is 1. The molecule has 2 rings (SSSR count). The lowest BCUT2D eigenvalue weighted by atomic mass is 9.89. The zero-order chi connectivity index (χ0) is 15.6. The molecule has 0 saturated carbocycles. The third-order valence-corrected chi connectivity index (χ3v) is 2.95. The molecule has 2 aromatic rings. The van der Waals surface area contributed by atoms with E-state index in [4.69, 9.17) is 11.5 Å². The molecule has 1 atom stereocenters. The van der Waals surface area contributed by atoms with Gasteiger partial charge in [-0.1, -0.05) is 12.1 Å². The highest BCUT2D eigenvalue weighted by Crippen LogP contribution is 2.38. The lowest BCUT2D eigenvalue weighted by Crippen LogP contribution is -2.17. The number of aromatic hydroxyl groups is 2. The first kappa shape index (κ1) is 14.5. The van der Waals surface area contributed by atoms with E-state index in [9.17, 15) is 19.4 Å². The summed E-state index contributed by atoms with van der Waals surface area (Å²) in [5.41, 5.74) is 10.9. The van der Waals surface area contributed by atoms with Crippen LogP contribution < -0.4 is 11.5 Å². The lowest BCUT2D eigenvalue weighted by Gasteiger charge is -2.17. The Bertz CT molecular complexity index is 653. The van der Waals surface area contributed by atoms with Crippen molar-refractivity contribution in [2.45, 2.75) is 12.3 Å². The minimum atomic E-state index is -0.816. The summed E-state index contributed by atoms with van der Waals surface area (Å²) in [5.74, 6) is -3.38. The Balaban J connectivity index is 2.55. The minimum Gasteiger partial charge on any atom is -0.493 e. The van der Waals surface area contributed by atoms with Crippen LogP contribution in [0.3, 0.4) is 0 Å². The molecule has 1 heterocycles. The Morgan fingerprint density at radius 3 is 2.19 bits per heavy atom. The lowest BCUT2D eigenvalue weighted by molar-refractivity contribution is -0.118. The molecule has 1 amide bonds. The van der Waals surface area contributed by atoms with Gasteiger partial charge in [-0.15, -0.1) is 0 Å². The first-order valence-corrected chi connectivity index (χ1v) is 5.97. The van der Waals surface area contributed by atoms with Crippen LogP contribution in [-0.2, 0) is 4.79 Å². The number of anilines is 1. The molecule has 0 spiro atoms. The molecule has 1 unspecified atom stereocenters. The molecule has 1 aromatic heterocycles. The Morgan fingerprint density at radius 1 is 1.19 bits per heavy atom. The molecule has 0 aliphatic heterocycles. The number of carbonyl (C=O) groups is 1. The maximum absolute atomic E-state index is 13.0. The first-order chi connectivity index (χ1) is 9.88. The van der Waals surface area contributed by atoms with Crippen molar-refractivity contribution < 1.29 is 19.4 Å². The predicted octanol–water partition coefficient (Wildman–Crippen LogP) is 0.616. The van der Waals surface area contributed by atoms with Crippen molar-refractivity contribution in [3.05, 3.63) is 41.2 Å². The smallest absolute Gasteiger partial charge is 0.226 e. The van der Waals surface area contributed by atoms with Crippen molar-refractivity contribution >= 4 is 11.9 Å². The summed E-state index contributed by atoms with van der Waals surface area (Å²) < 4.78 is 13.0. The second-order valence-corrected chi connectivity index (χ2v) is 4.42. The highest BCUT2D eigenvalue weighted by Gasteiger charge is 2.26. The first-order valence-electron chi connectivity index (χ1n) is 5.97. The molecular weight excluding hydrogens is 279 g/mol. The summed E-state index contributed by atoms with van der Waals surface area (Å²) in [5, 5.41) is 19.7.